The molecule has 1 aromatic heterocycles. The van der Waals surface area contributed by atoms with Gasteiger partial charge in [-0.15, -0.1) is 11.3 Å². The zero-order valence-electron chi connectivity index (χ0n) is 9.82. The molecular formula is C14H17NS2. The van der Waals surface area contributed by atoms with Crippen molar-refractivity contribution < 1.29 is 0 Å². The Kier molecular flexibility index (Phi) is 3.69. The molecule has 1 saturated heterocycles. The van der Waals surface area contributed by atoms with Crippen molar-refractivity contribution in [3.63, 3.8) is 0 Å². The lowest BCUT2D eigenvalue weighted by Gasteiger charge is -2.09. The van der Waals surface area contributed by atoms with Gasteiger partial charge in [0.15, 0.2) is 0 Å². The molecule has 0 saturated carbocycles. The van der Waals surface area contributed by atoms with E-state index in [-0.39, 0.29) is 0 Å². The third-order valence-electron chi connectivity index (χ3n) is 3.33. The highest BCUT2D eigenvalue weighted by Gasteiger charge is 2.14. The lowest BCUT2D eigenvalue weighted by Crippen LogP contribution is -2.22. The van der Waals surface area contributed by atoms with Crippen LogP contribution in [0.2, 0.25) is 0 Å². The highest BCUT2D eigenvalue weighted by molar-refractivity contribution is 7.99. The molecule has 17 heavy (non-hydrogen) atoms. The fourth-order valence-corrected chi connectivity index (χ4v) is 4.57. The maximum Gasteiger partial charge on any atom is 0.0346 e. The molecule has 1 N–H and O–H groups in total. The molecule has 0 spiro atoms. The van der Waals surface area contributed by atoms with Crippen molar-refractivity contribution in [2.24, 2.45) is 5.92 Å². The van der Waals surface area contributed by atoms with E-state index in [2.05, 4.69) is 46.7 Å². The lowest BCUT2D eigenvalue weighted by molar-refractivity contribution is 0.524. The summed E-state index contributed by atoms with van der Waals surface area (Å²) in [5.41, 5.74) is 1.45. The molecule has 1 nitrogen and oxygen atoms in total. The lowest BCUT2D eigenvalue weighted by atomic mass is 10.1. The van der Waals surface area contributed by atoms with Crippen LogP contribution < -0.4 is 5.32 Å². The van der Waals surface area contributed by atoms with Crippen molar-refractivity contribution in [2.75, 3.05) is 18.1 Å². The van der Waals surface area contributed by atoms with E-state index in [1.165, 1.54) is 40.1 Å². The minimum Gasteiger partial charge on any atom is -0.312 e. The van der Waals surface area contributed by atoms with Crippen molar-refractivity contribution in [1.29, 1.82) is 0 Å². The number of thiophene rings is 1. The summed E-state index contributed by atoms with van der Waals surface area (Å²) in [4.78, 5) is 0. The molecule has 0 bridgehead atoms. The van der Waals surface area contributed by atoms with Crippen LogP contribution in [0.1, 0.15) is 12.0 Å². The van der Waals surface area contributed by atoms with Crippen LogP contribution in [0.25, 0.3) is 10.1 Å². The predicted molar refractivity (Wildman–Crippen MR) is 79.0 cm³/mol. The Bertz CT molecular complexity index is 486. The van der Waals surface area contributed by atoms with Gasteiger partial charge in [0.05, 0.1) is 0 Å². The van der Waals surface area contributed by atoms with Crippen molar-refractivity contribution in [3.8, 4) is 0 Å². The van der Waals surface area contributed by atoms with Gasteiger partial charge < -0.3 is 5.32 Å². The monoisotopic (exact) mass is 263 g/mol. The smallest absolute Gasteiger partial charge is 0.0346 e. The molecule has 3 rings (SSSR count). The van der Waals surface area contributed by atoms with Gasteiger partial charge in [-0.3, -0.25) is 0 Å². The van der Waals surface area contributed by atoms with Gasteiger partial charge in [0.1, 0.15) is 0 Å². The molecular weight excluding hydrogens is 246 g/mol. The molecule has 0 aliphatic carbocycles. The summed E-state index contributed by atoms with van der Waals surface area (Å²) in [6.07, 6.45) is 1.39. The summed E-state index contributed by atoms with van der Waals surface area (Å²) in [7, 11) is 0. The zero-order valence-corrected chi connectivity index (χ0v) is 11.4. The van der Waals surface area contributed by atoms with E-state index in [9.17, 15) is 0 Å². The first-order valence-electron chi connectivity index (χ1n) is 6.17. The first kappa shape index (κ1) is 11.6. The molecule has 1 atom stereocenters. The minimum atomic E-state index is 0.893. The summed E-state index contributed by atoms with van der Waals surface area (Å²) >= 11 is 3.95. The Morgan fingerprint density at radius 1 is 1.29 bits per heavy atom. The van der Waals surface area contributed by atoms with Gasteiger partial charge in [0, 0.05) is 11.2 Å². The maximum absolute atomic E-state index is 3.62. The summed E-state index contributed by atoms with van der Waals surface area (Å²) in [6, 6.07) is 8.68. The van der Waals surface area contributed by atoms with E-state index in [1.807, 2.05) is 11.3 Å². The largest absolute Gasteiger partial charge is 0.312 e. The summed E-state index contributed by atoms with van der Waals surface area (Å²) < 4.78 is 1.40. The number of hydrogen-bond acceptors (Lipinski definition) is 3. The van der Waals surface area contributed by atoms with E-state index in [0.717, 1.165) is 12.5 Å². The first-order valence-corrected chi connectivity index (χ1v) is 8.20. The Morgan fingerprint density at radius 3 is 3.12 bits per heavy atom. The molecule has 2 heterocycles. The number of hydrogen-bond donors (Lipinski definition) is 1. The molecule has 0 radical (unpaired) electrons. The summed E-state index contributed by atoms with van der Waals surface area (Å²) in [6.45, 7) is 2.20. The molecule has 3 heteroatoms. The maximum atomic E-state index is 3.62. The molecule has 0 amide bonds. The normalized spacial score (nSPS) is 20.1. The van der Waals surface area contributed by atoms with E-state index in [0.29, 0.717) is 0 Å². The van der Waals surface area contributed by atoms with E-state index in [4.69, 9.17) is 0 Å². The average molecular weight is 263 g/mol. The second kappa shape index (κ2) is 5.42. The Morgan fingerprint density at radius 2 is 2.24 bits per heavy atom. The first-order chi connectivity index (χ1) is 8.43. The van der Waals surface area contributed by atoms with Crippen LogP contribution in [-0.4, -0.2) is 18.1 Å². The molecule has 1 aliphatic rings. The molecule has 1 unspecified atom stereocenters. The van der Waals surface area contributed by atoms with Crippen LogP contribution in [0, 0.1) is 5.92 Å². The van der Waals surface area contributed by atoms with Crippen LogP contribution in [0.15, 0.2) is 29.6 Å². The minimum absolute atomic E-state index is 0.893. The molecule has 90 valence electrons. The van der Waals surface area contributed by atoms with E-state index in [1.54, 1.807) is 0 Å². The molecule has 1 fully saturated rings. The highest BCUT2D eigenvalue weighted by atomic mass is 32.2. The third kappa shape index (κ3) is 2.67. The average Bonchev–Trinajstić information content (AvgIpc) is 2.99. The van der Waals surface area contributed by atoms with Gasteiger partial charge in [-0.05, 0) is 52.8 Å². The highest BCUT2D eigenvalue weighted by Crippen LogP contribution is 2.26. The van der Waals surface area contributed by atoms with Crippen molar-refractivity contribution in [2.45, 2.75) is 13.0 Å². The standard InChI is InChI=1S/C14H17NS2/c1-2-4-14-13(3-1)12(10-17-14)8-15-7-11-5-6-16-9-11/h1-4,10-11,15H,5-9H2. The number of fused-ring (bicyclic) bond motifs is 1. The van der Waals surface area contributed by atoms with E-state index < -0.39 is 0 Å². The Hall–Kier alpha value is -0.510. The number of thioether (sulfide) groups is 1. The van der Waals surface area contributed by atoms with Gasteiger partial charge in [0.25, 0.3) is 0 Å². The molecule has 2 aromatic rings. The van der Waals surface area contributed by atoms with Crippen LogP contribution in [0.4, 0.5) is 0 Å². The fraction of sp³-hybridized carbons (Fsp3) is 0.429. The summed E-state index contributed by atoms with van der Waals surface area (Å²) in [5, 5.41) is 7.33. The van der Waals surface area contributed by atoms with Gasteiger partial charge in [-0.1, -0.05) is 18.2 Å². The van der Waals surface area contributed by atoms with Crippen molar-refractivity contribution >= 4 is 33.2 Å². The number of benzene rings is 1. The SMILES string of the molecule is c1ccc2c(CNCC3CCSC3)csc2c1. The van der Waals surface area contributed by atoms with Gasteiger partial charge in [-0.25, -0.2) is 0 Å². The second-order valence-corrected chi connectivity index (χ2v) is 6.68. The van der Waals surface area contributed by atoms with Gasteiger partial charge in [-0.2, -0.15) is 11.8 Å². The van der Waals surface area contributed by atoms with Crippen LogP contribution in [0.3, 0.4) is 0 Å². The second-order valence-electron chi connectivity index (χ2n) is 4.62. The summed E-state index contributed by atoms with van der Waals surface area (Å²) in [5.74, 6) is 3.59. The van der Waals surface area contributed by atoms with Gasteiger partial charge in [0.2, 0.25) is 0 Å². The Balaban J connectivity index is 1.60. The van der Waals surface area contributed by atoms with Crippen LogP contribution >= 0.6 is 23.1 Å². The van der Waals surface area contributed by atoms with Crippen molar-refractivity contribution in [3.05, 3.63) is 35.2 Å². The van der Waals surface area contributed by atoms with Crippen LogP contribution in [0.5, 0.6) is 0 Å². The molecule has 1 aliphatic heterocycles. The zero-order chi connectivity index (χ0) is 11.5. The topological polar surface area (TPSA) is 12.0 Å². The number of rotatable bonds is 4. The molecule has 1 aromatic carbocycles. The quantitative estimate of drug-likeness (QED) is 0.902. The third-order valence-corrected chi connectivity index (χ3v) is 5.58. The Labute approximate surface area is 111 Å². The van der Waals surface area contributed by atoms with Gasteiger partial charge >= 0.3 is 0 Å². The van der Waals surface area contributed by atoms with Crippen molar-refractivity contribution in [1.82, 2.24) is 5.32 Å². The fourth-order valence-electron chi connectivity index (χ4n) is 2.32. The number of nitrogens with one attached hydrogen (secondary N) is 1. The van der Waals surface area contributed by atoms with E-state index >= 15 is 0 Å². The van der Waals surface area contributed by atoms with Crippen LogP contribution in [-0.2, 0) is 6.54 Å². The predicted octanol–water partition coefficient (Wildman–Crippen LogP) is 3.74.